The molecule has 5 nitrogen and oxygen atoms in total. The zero-order valence-corrected chi connectivity index (χ0v) is 15.1. The van der Waals surface area contributed by atoms with Crippen LogP contribution in [-0.2, 0) is 9.59 Å². The van der Waals surface area contributed by atoms with Gasteiger partial charge in [0.25, 0.3) is 0 Å². The number of hydrogen-bond acceptors (Lipinski definition) is 3. The molecule has 0 fully saturated rings. The number of aliphatic carboxylic acids is 1. The number of benzene rings is 1. The fourth-order valence-electron chi connectivity index (χ4n) is 3.43. The van der Waals surface area contributed by atoms with E-state index in [0.717, 1.165) is 11.1 Å². The van der Waals surface area contributed by atoms with Crippen LogP contribution in [0.1, 0.15) is 32.3 Å². The lowest BCUT2D eigenvalue weighted by Gasteiger charge is -2.37. The van der Waals surface area contributed by atoms with Crippen molar-refractivity contribution in [2.45, 2.75) is 26.7 Å². The molecule has 2 N–H and O–H groups in total. The number of allylic oxidation sites excluding steroid dienone is 3. The molecule has 1 amide bonds. The number of rotatable bonds is 7. The van der Waals surface area contributed by atoms with Gasteiger partial charge in [-0.25, -0.2) is 0 Å². The van der Waals surface area contributed by atoms with E-state index >= 15 is 0 Å². The Balaban J connectivity index is 2.42. The average molecular weight is 352 g/mol. The topological polar surface area (TPSA) is 90.2 Å². The summed E-state index contributed by atoms with van der Waals surface area (Å²) in [6.07, 6.45) is 5.91. The molecule has 5 heteroatoms. The second kappa shape index (κ2) is 8.48. The van der Waals surface area contributed by atoms with Crippen LogP contribution in [0.2, 0.25) is 0 Å². The van der Waals surface area contributed by atoms with Gasteiger partial charge >= 0.3 is 5.97 Å². The minimum absolute atomic E-state index is 0.131. The second-order valence-electron chi connectivity index (χ2n) is 7.00. The fraction of sp³-hybridized carbons (Fsp3) is 0.381. The highest BCUT2D eigenvalue weighted by Gasteiger charge is 2.48. The van der Waals surface area contributed by atoms with Gasteiger partial charge in [-0.05, 0) is 29.9 Å². The summed E-state index contributed by atoms with van der Waals surface area (Å²) >= 11 is 0. The van der Waals surface area contributed by atoms with Crippen LogP contribution in [-0.4, -0.2) is 23.5 Å². The molecule has 0 spiro atoms. The minimum atomic E-state index is -1.33. The highest BCUT2D eigenvalue weighted by Crippen LogP contribution is 2.45. The van der Waals surface area contributed by atoms with Crippen molar-refractivity contribution in [3.63, 3.8) is 0 Å². The number of nitrogens with zero attached hydrogens (tertiary/aromatic N) is 1. The molecule has 0 saturated carbocycles. The van der Waals surface area contributed by atoms with Gasteiger partial charge < -0.3 is 10.4 Å². The Morgan fingerprint density at radius 2 is 2.00 bits per heavy atom. The fourth-order valence-corrected chi connectivity index (χ4v) is 3.43. The average Bonchev–Trinajstić information content (AvgIpc) is 2.64. The smallest absolute Gasteiger partial charge is 0.314 e. The van der Waals surface area contributed by atoms with Gasteiger partial charge in [0, 0.05) is 0 Å². The molecule has 0 aliphatic heterocycles. The van der Waals surface area contributed by atoms with Crippen molar-refractivity contribution in [3.05, 3.63) is 54.1 Å². The third kappa shape index (κ3) is 4.20. The first kappa shape index (κ1) is 19.5. The number of amides is 1. The Hall–Kier alpha value is -2.87. The van der Waals surface area contributed by atoms with Crippen molar-refractivity contribution < 1.29 is 14.7 Å². The number of nitriles is 1. The zero-order valence-electron chi connectivity index (χ0n) is 15.1. The lowest BCUT2D eigenvalue weighted by Crippen LogP contribution is -2.47. The van der Waals surface area contributed by atoms with E-state index in [4.69, 9.17) is 5.26 Å². The van der Waals surface area contributed by atoms with Gasteiger partial charge in [-0.1, -0.05) is 62.4 Å². The van der Waals surface area contributed by atoms with E-state index in [0.29, 0.717) is 6.42 Å². The summed E-state index contributed by atoms with van der Waals surface area (Å²) in [4.78, 5) is 25.0. The molecule has 1 aromatic carbocycles. The van der Waals surface area contributed by atoms with Crippen LogP contribution in [0.5, 0.6) is 0 Å². The van der Waals surface area contributed by atoms with Crippen molar-refractivity contribution in [1.82, 2.24) is 5.32 Å². The van der Waals surface area contributed by atoms with Crippen molar-refractivity contribution in [2.75, 3.05) is 6.54 Å². The summed E-state index contributed by atoms with van der Waals surface area (Å²) in [7, 11) is 0. The van der Waals surface area contributed by atoms with Crippen LogP contribution in [0, 0.1) is 28.6 Å². The molecule has 1 aromatic rings. The largest absolute Gasteiger partial charge is 0.481 e. The van der Waals surface area contributed by atoms with E-state index in [2.05, 4.69) is 5.32 Å². The summed E-state index contributed by atoms with van der Waals surface area (Å²) in [6, 6.07) is 11.5. The maximum atomic E-state index is 12.7. The first-order valence-electron chi connectivity index (χ1n) is 8.72. The SMILES string of the molecule is CC(C)CC(C(=O)NCC#N)C1(C(=O)O)C=CC=C(c2ccccc2)C1. The molecule has 1 aliphatic rings. The van der Waals surface area contributed by atoms with Crippen LogP contribution in [0.4, 0.5) is 0 Å². The van der Waals surface area contributed by atoms with Gasteiger partial charge in [-0.2, -0.15) is 5.26 Å². The summed E-state index contributed by atoms with van der Waals surface area (Å²) in [6.45, 7) is 3.79. The number of carboxylic acid groups (broad SMARTS) is 1. The van der Waals surface area contributed by atoms with Gasteiger partial charge in [0.05, 0.1) is 12.0 Å². The van der Waals surface area contributed by atoms with Gasteiger partial charge in [0.1, 0.15) is 12.0 Å². The second-order valence-corrected chi connectivity index (χ2v) is 7.00. The van der Waals surface area contributed by atoms with Crippen LogP contribution in [0.25, 0.3) is 5.57 Å². The number of nitrogens with one attached hydrogen (secondary N) is 1. The van der Waals surface area contributed by atoms with Crippen LogP contribution >= 0.6 is 0 Å². The predicted molar refractivity (Wildman–Crippen MR) is 99.8 cm³/mol. The van der Waals surface area contributed by atoms with Crippen molar-refractivity contribution in [3.8, 4) is 6.07 Å². The number of carbonyl (C=O) groups excluding carboxylic acids is 1. The molecule has 0 bridgehead atoms. The third-order valence-corrected chi connectivity index (χ3v) is 4.70. The molecular formula is C21H24N2O3. The highest BCUT2D eigenvalue weighted by atomic mass is 16.4. The maximum absolute atomic E-state index is 12.7. The molecule has 2 atom stereocenters. The van der Waals surface area contributed by atoms with Crippen molar-refractivity contribution >= 4 is 17.4 Å². The summed E-state index contributed by atoms with van der Waals surface area (Å²) in [5.41, 5.74) is 0.504. The van der Waals surface area contributed by atoms with Gasteiger partial charge in [0.15, 0.2) is 0 Å². The normalized spacial score (nSPS) is 20.2. The van der Waals surface area contributed by atoms with E-state index in [9.17, 15) is 14.7 Å². The molecule has 0 saturated heterocycles. The van der Waals surface area contributed by atoms with E-state index in [1.165, 1.54) is 0 Å². The van der Waals surface area contributed by atoms with Crippen LogP contribution < -0.4 is 5.32 Å². The summed E-state index contributed by atoms with van der Waals surface area (Å²) < 4.78 is 0. The monoisotopic (exact) mass is 352 g/mol. The van der Waals surface area contributed by atoms with Crippen molar-refractivity contribution in [2.24, 2.45) is 17.3 Å². The molecule has 26 heavy (non-hydrogen) atoms. The zero-order chi connectivity index (χ0) is 19.2. The Morgan fingerprint density at radius 3 is 2.58 bits per heavy atom. The summed E-state index contributed by atoms with van der Waals surface area (Å²) in [5, 5.41) is 21.4. The lowest BCUT2D eigenvalue weighted by atomic mass is 9.65. The standard InChI is InChI=1S/C21H24N2O3/c1-15(2)13-18(19(24)23-12-11-22)21(20(25)26)10-6-9-17(14-21)16-7-4-3-5-8-16/h3-10,15,18H,12-14H2,1-2H3,(H,23,24)(H,25,26). The molecule has 136 valence electrons. The van der Waals surface area contributed by atoms with Gasteiger partial charge in [-0.3, -0.25) is 9.59 Å². The Morgan fingerprint density at radius 1 is 1.31 bits per heavy atom. The third-order valence-electron chi connectivity index (χ3n) is 4.70. The Labute approximate surface area is 154 Å². The van der Waals surface area contributed by atoms with Gasteiger partial charge in [-0.15, -0.1) is 0 Å². The lowest BCUT2D eigenvalue weighted by molar-refractivity contribution is -0.153. The highest BCUT2D eigenvalue weighted by molar-refractivity contribution is 5.91. The van der Waals surface area contributed by atoms with E-state index in [1.807, 2.05) is 56.3 Å². The van der Waals surface area contributed by atoms with E-state index < -0.39 is 17.3 Å². The molecule has 0 radical (unpaired) electrons. The van der Waals surface area contributed by atoms with E-state index in [-0.39, 0.29) is 24.8 Å². The van der Waals surface area contributed by atoms with Crippen LogP contribution in [0.15, 0.2) is 48.6 Å². The van der Waals surface area contributed by atoms with E-state index in [1.54, 1.807) is 12.2 Å². The van der Waals surface area contributed by atoms with Crippen LogP contribution in [0.3, 0.4) is 0 Å². The predicted octanol–water partition coefficient (Wildman–Crippen LogP) is 3.40. The molecule has 1 aliphatic carbocycles. The number of carboxylic acids is 1. The Bertz CT molecular complexity index is 759. The molecular weight excluding hydrogens is 328 g/mol. The van der Waals surface area contributed by atoms with Crippen molar-refractivity contribution in [1.29, 1.82) is 5.26 Å². The first-order chi connectivity index (χ1) is 12.4. The number of carbonyl (C=O) groups is 2. The quantitative estimate of drug-likeness (QED) is 0.736. The molecule has 2 unspecified atom stereocenters. The first-order valence-corrected chi connectivity index (χ1v) is 8.72. The minimum Gasteiger partial charge on any atom is -0.481 e. The summed E-state index contributed by atoms with van der Waals surface area (Å²) in [5.74, 6) is -2.02. The number of hydrogen-bond donors (Lipinski definition) is 2. The molecule has 0 aromatic heterocycles. The Kier molecular flexibility index (Phi) is 6.35. The maximum Gasteiger partial charge on any atom is 0.314 e. The molecule has 0 heterocycles. The van der Waals surface area contributed by atoms with Gasteiger partial charge in [0.2, 0.25) is 5.91 Å². The molecule has 2 rings (SSSR count).